The summed E-state index contributed by atoms with van der Waals surface area (Å²) in [7, 11) is 1.61. The van der Waals surface area contributed by atoms with E-state index in [-0.39, 0.29) is 11.3 Å². The Kier molecular flexibility index (Phi) is 2.49. The molecule has 0 bridgehead atoms. The number of ether oxygens (including phenoxy) is 1. The van der Waals surface area contributed by atoms with Crippen LogP contribution in [0.15, 0.2) is 0 Å². The van der Waals surface area contributed by atoms with Crippen LogP contribution in [-0.4, -0.2) is 19.6 Å². The van der Waals surface area contributed by atoms with E-state index in [0.29, 0.717) is 6.61 Å². The predicted molar refractivity (Wildman–Crippen MR) is 42.0 cm³/mol. The highest BCUT2D eigenvalue weighted by molar-refractivity contribution is 5.81. The number of amides is 1. The van der Waals surface area contributed by atoms with Crippen molar-refractivity contribution in [2.45, 2.75) is 25.7 Å². The Morgan fingerprint density at radius 1 is 1.55 bits per heavy atom. The maximum atomic E-state index is 11.1. The number of nitrogens with two attached hydrogens (primary N) is 1. The number of carbonyl (C=O) groups excluding carboxylic acids is 1. The van der Waals surface area contributed by atoms with Crippen LogP contribution in [-0.2, 0) is 9.53 Å². The lowest BCUT2D eigenvalue weighted by molar-refractivity contribution is -0.130. The number of hydrogen-bond acceptors (Lipinski definition) is 2. The standard InChI is InChI=1S/C8H15NO2/c1-11-6-8(7(9)10)4-2-3-5-8/h2-6H2,1H3,(H2,9,10). The molecule has 1 saturated carbocycles. The molecule has 1 aliphatic rings. The first-order chi connectivity index (χ1) is 5.21. The zero-order valence-corrected chi connectivity index (χ0v) is 6.93. The molecule has 64 valence electrons. The van der Waals surface area contributed by atoms with Crippen molar-refractivity contribution in [2.75, 3.05) is 13.7 Å². The van der Waals surface area contributed by atoms with E-state index in [9.17, 15) is 4.79 Å². The number of carbonyl (C=O) groups is 1. The van der Waals surface area contributed by atoms with Gasteiger partial charge in [-0.05, 0) is 12.8 Å². The Bertz CT molecular complexity index is 150. The third kappa shape index (κ3) is 1.53. The molecule has 0 radical (unpaired) electrons. The van der Waals surface area contributed by atoms with Gasteiger partial charge in [0.25, 0.3) is 0 Å². The second-order valence-electron chi connectivity index (χ2n) is 3.28. The summed E-state index contributed by atoms with van der Waals surface area (Å²) >= 11 is 0. The number of rotatable bonds is 3. The van der Waals surface area contributed by atoms with Gasteiger partial charge in [-0.2, -0.15) is 0 Å². The maximum Gasteiger partial charge on any atom is 0.225 e. The van der Waals surface area contributed by atoms with Gasteiger partial charge in [0.05, 0.1) is 12.0 Å². The van der Waals surface area contributed by atoms with E-state index < -0.39 is 0 Å². The van der Waals surface area contributed by atoms with E-state index in [1.807, 2.05) is 0 Å². The van der Waals surface area contributed by atoms with Gasteiger partial charge < -0.3 is 10.5 Å². The van der Waals surface area contributed by atoms with Gasteiger partial charge in [0, 0.05) is 7.11 Å². The minimum absolute atomic E-state index is 0.197. The average molecular weight is 157 g/mol. The van der Waals surface area contributed by atoms with E-state index in [1.165, 1.54) is 0 Å². The summed E-state index contributed by atoms with van der Waals surface area (Å²) in [6.45, 7) is 0.488. The molecule has 0 unspecified atom stereocenters. The third-order valence-electron chi connectivity index (χ3n) is 2.50. The van der Waals surface area contributed by atoms with Crippen molar-refractivity contribution >= 4 is 5.91 Å². The SMILES string of the molecule is COCC1(C(N)=O)CCCC1. The Morgan fingerprint density at radius 3 is 2.45 bits per heavy atom. The summed E-state index contributed by atoms with van der Waals surface area (Å²) in [5.74, 6) is -0.197. The summed E-state index contributed by atoms with van der Waals surface area (Å²) in [6.07, 6.45) is 4.00. The molecule has 3 nitrogen and oxygen atoms in total. The minimum Gasteiger partial charge on any atom is -0.384 e. The summed E-state index contributed by atoms with van der Waals surface area (Å²) < 4.78 is 4.99. The van der Waals surface area contributed by atoms with Gasteiger partial charge in [-0.3, -0.25) is 4.79 Å². The third-order valence-corrected chi connectivity index (χ3v) is 2.50. The van der Waals surface area contributed by atoms with Crippen LogP contribution in [0.2, 0.25) is 0 Å². The second kappa shape index (κ2) is 3.22. The smallest absolute Gasteiger partial charge is 0.225 e. The van der Waals surface area contributed by atoms with Crippen LogP contribution in [0.3, 0.4) is 0 Å². The fourth-order valence-electron chi connectivity index (χ4n) is 1.79. The maximum absolute atomic E-state index is 11.1. The van der Waals surface area contributed by atoms with E-state index in [1.54, 1.807) is 7.11 Å². The average Bonchev–Trinajstić information content (AvgIpc) is 2.38. The predicted octanol–water partition coefficient (Wildman–Crippen LogP) is 0.678. The van der Waals surface area contributed by atoms with Gasteiger partial charge in [-0.15, -0.1) is 0 Å². The lowest BCUT2D eigenvalue weighted by atomic mass is 9.86. The van der Waals surface area contributed by atoms with Crippen LogP contribution in [0.25, 0.3) is 0 Å². The van der Waals surface area contributed by atoms with Gasteiger partial charge in [0.15, 0.2) is 0 Å². The quantitative estimate of drug-likeness (QED) is 0.655. The van der Waals surface area contributed by atoms with Crippen molar-refractivity contribution in [1.29, 1.82) is 0 Å². The van der Waals surface area contributed by atoms with Crippen molar-refractivity contribution in [1.82, 2.24) is 0 Å². The first-order valence-corrected chi connectivity index (χ1v) is 4.00. The topological polar surface area (TPSA) is 52.3 Å². The van der Waals surface area contributed by atoms with Crippen molar-refractivity contribution in [3.63, 3.8) is 0 Å². The van der Waals surface area contributed by atoms with E-state index >= 15 is 0 Å². The van der Waals surface area contributed by atoms with E-state index in [0.717, 1.165) is 25.7 Å². The summed E-state index contributed by atoms with van der Waals surface area (Å²) in [6, 6.07) is 0. The summed E-state index contributed by atoms with van der Waals surface area (Å²) in [5.41, 5.74) is 4.96. The van der Waals surface area contributed by atoms with Crippen LogP contribution in [0.1, 0.15) is 25.7 Å². The highest BCUT2D eigenvalue weighted by Gasteiger charge is 2.39. The van der Waals surface area contributed by atoms with Gasteiger partial charge in [-0.1, -0.05) is 12.8 Å². The normalized spacial score (nSPS) is 21.9. The first kappa shape index (κ1) is 8.53. The highest BCUT2D eigenvalue weighted by atomic mass is 16.5. The van der Waals surface area contributed by atoms with Crippen LogP contribution in [0.4, 0.5) is 0 Å². The second-order valence-corrected chi connectivity index (χ2v) is 3.28. The molecular formula is C8H15NO2. The Balaban J connectivity index is 2.62. The van der Waals surface area contributed by atoms with E-state index in [4.69, 9.17) is 10.5 Å². The molecule has 1 aliphatic carbocycles. The molecule has 1 amide bonds. The zero-order chi connectivity index (χ0) is 8.32. The molecule has 3 heteroatoms. The van der Waals surface area contributed by atoms with Gasteiger partial charge in [0.1, 0.15) is 0 Å². The minimum atomic E-state index is -0.339. The van der Waals surface area contributed by atoms with Crippen LogP contribution in [0, 0.1) is 5.41 Å². The molecule has 1 fully saturated rings. The lowest BCUT2D eigenvalue weighted by Gasteiger charge is -2.23. The number of methoxy groups -OCH3 is 1. The Hall–Kier alpha value is -0.570. The summed E-state index contributed by atoms with van der Waals surface area (Å²) in [4.78, 5) is 11.1. The molecule has 1 rings (SSSR count). The van der Waals surface area contributed by atoms with Gasteiger partial charge in [0.2, 0.25) is 5.91 Å². The van der Waals surface area contributed by atoms with Crippen molar-refractivity contribution in [3.05, 3.63) is 0 Å². The lowest BCUT2D eigenvalue weighted by Crippen LogP contribution is -2.38. The summed E-state index contributed by atoms with van der Waals surface area (Å²) in [5, 5.41) is 0. The molecule has 11 heavy (non-hydrogen) atoms. The molecule has 0 aromatic rings. The van der Waals surface area contributed by atoms with Crippen molar-refractivity contribution in [3.8, 4) is 0 Å². The fourth-order valence-corrected chi connectivity index (χ4v) is 1.79. The van der Waals surface area contributed by atoms with Gasteiger partial charge >= 0.3 is 0 Å². The van der Waals surface area contributed by atoms with Crippen molar-refractivity contribution in [2.24, 2.45) is 11.1 Å². The molecule has 0 aromatic carbocycles. The fraction of sp³-hybridized carbons (Fsp3) is 0.875. The molecule has 0 heterocycles. The molecule has 2 N–H and O–H groups in total. The first-order valence-electron chi connectivity index (χ1n) is 4.00. The Labute approximate surface area is 66.9 Å². The molecule has 0 saturated heterocycles. The molecule has 0 spiro atoms. The molecule has 0 atom stereocenters. The monoisotopic (exact) mass is 157 g/mol. The van der Waals surface area contributed by atoms with E-state index in [2.05, 4.69) is 0 Å². The van der Waals surface area contributed by atoms with Crippen LogP contribution >= 0.6 is 0 Å². The molecule has 0 aliphatic heterocycles. The van der Waals surface area contributed by atoms with Crippen LogP contribution < -0.4 is 5.73 Å². The highest BCUT2D eigenvalue weighted by Crippen LogP contribution is 2.37. The number of hydrogen-bond donors (Lipinski definition) is 1. The van der Waals surface area contributed by atoms with Crippen LogP contribution in [0.5, 0.6) is 0 Å². The van der Waals surface area contributed by atoms with Gasteiger partial charge in [-0.25, -0.2) is 0 Å². The molecular weight excluding hydrogens is 142 g/mol. The zero-order valence-electron chi connectivity index (χ0n) is 6.93. The van der Waals surface area contributed by atoms with Crippen molar-refractivity contribution < 1.29 is 9.53 Å². The Morgan fingerprint density at radius 2 is 2.09 bits per heavy atom. The largest absolute Gasteiger partial charge is 0.384 e. The molecule has 0 aromatic heterocycles. The number of primary amides is 1.